The number of para-hydroxylation sites is 1. The summed E-state index contributed by atoms with van der Waals surface area (Å²) in [6.45, 7) is 0. The van der Waals surface area contributed by atoms with E-state index in [9.17, 15) is 0 Å². The van der Waals surface area contributed by atoms with Crippen LogP contribution < -0.4 is 0 Å². The topological polar surface area (TPSA) is 38.7 Å². The molecule has 3 nitrogen and oxygen atoms in total. The maximum absolute atomic E-state index is 5.26. The first-order chi connectivity index (χ1) is 27.7. The standard InChI is InChI=1S/C53H33N3/c1-4-19-41-35(12-1)15-10-23-44(41)50-33-49(55-53(56-50)45-24-11-16-36-13-2-5-20-42(36)45)38-28-26-34(27-29-38)39-17-9-18-40(32-39)52-47-31-30-37-14-3-6-21-43(37)51(47)46-22-7-8-25-48(46)54-52/h1-33H. The minimum absolute atomic E-state index is 0.710. The van der Waals surface area contributed by atoms with E-state index in [-0.39, 0.29) is 0 Å². The van der Waals surface area contributed by atoms with Gasteiger partial charge >= 0.3 is 0 Å². The number of hydrogen-bond donors (Lipinski definition) is 0. The van der Waals surface area contributed by atoms with Gasteiger partial charge in [0.05, 0.1) is 22.6 Å². The summed E-state index contributed by atoms with van der Waals surface area (Å²) in [5.74, 6) is 0.710. The van der Waals surface area contributed by atoms with E-state index in [4.69, 9.17) is 15.0 Å². The zero-order valence-corrected chi connectivity index (χ0v) is 30.4. The highest BCUT2D eigenvalue weighted by Crippen LogP contribution is 2.39. The molecule has 0 aliphatic carbocycles. The van der Waals surface area contributed by atoms with Crippen molar-refractivity contribution >= 4 is 54.0 Å². The van der Waals surface area contributed by atoms with Crippen LogP contribution in [0.1, 0.15) is 0 Å². The molecular formula is C53H33N3. The molecule has 260 valence electrons. The van der Waals surface area contributed by atoms with E-state index in [2.05, 4.69) is 200 Å². The molecule has 11 rings (SSSR count). The van der Waals surface area contributed by atoms with Gasteiger partial charge in [0.2, 0.25) is 0 Å². The largest absolute Gasteiger partial charge is 0.247 e. The number of nitrogens with zero attached hydrogens (tertiary/aromatic N) is 3. The highest BCUT2D eigenvalue weighted by atomic mass is 14.9. The summed E-state index contributed by atoms with van der Waals surface area (Å²) >= 11 is 0. The first-order valence-electron chi connectivity index (χ1n) is 19.0. The quantitative estimate of drug-likeness (QED) is 0.167. The van der Waals surface area contributed by atoms with E-state index < -0.39 is 0 Å². The summed E-state index contributed by atoms with van der Waals surface area (Å²) in [6.07, 6.45) is 0. The lowest BCUT2D eigenvalue weighted by Gasteiger charge is -2.14. The summed E-state index contributed by atoms with van der Waals surface area (Å²) < 4.78 is 0. The van der Waals surface area contributed by atoms with Crippen molar-refractivity contribution in [3.8, 4) is 56.3 Å². The van der Waals surface area contributed by atoms with Crippen LogP contribution >= 0.6 is 0 Å². The van der Waals surface area contributed by atoms with E-state index in [0.717, 1.165) is 72.1 Å². The number of benzene rings is 9. The third-order valence-electron chi connectivity index (χ3n) is 11.1. The molecule has 0 bridgehead atoms. The Labute approximate surface area is 324 Å². The summed E-state index contributed by atoms with van der Waals surface area (Å²) in [7, 11) is 0. The Hall–Kier alpha value is -7.49. The Balaban J connectivity index is 1.03. The highest BCUT2D eigenvalue weighted by Gasteiger charge is 2.16. The van der Waals surface area contributed by atoms with Gasteiger partial charge in [-0.3, -0.25) is 0 Å². The van der Waals surface area contributed by atoms with E-state index in [1.54, 1.807) is 0 Å². The zero-order chi connectivity index (χ0) is 37.0. The molecule has 0 radical (unpaired) electrons. The fourth-order valence-electron chi connectivity index (χ4n) is 8.34. The van der Waals surface area contributed by atoms with Gasteiger partial charge in [0.25, 0.3) is 0 Å². The first kappa shape index (κ1) is 32.0. The molecular weight excluding hydrogens is 679 g/mol. The van der Waals surface area contributed by atoms with Gasteiger partial charge in [-0.1, -0.05) is 182 Å². The second-order valence-corrected chi connectivity index (χ2v) is 14.4. The fraction of sp³-hybridized carbons (Fsp3) is 0. The number of rotatable bonds is 5. The second kappa shape index (κ2) is 13.1. The molecule has 0 saturated carbocycles. The Morgan fingerprint density at radius 3 is 1.61 bits per heavy atom. The van der Waals surface area contributed by atoms with Crippen molar-refractivity contribution in [3.05, 3.63) is 200 Å². The predicted molar refractivity (Wildman–Crippen MR) is 235 cm³/mol. The van der Waals surface area contributed by atoms with Crippen molar-refractivity contribution in [3.63, 3.8) is 0 Å². The van der Waals surface area contributed by atoms with Crippen molar-refractivity contribution < 1.29 is 0 Å². The van der Waals surface area contributed by atoms with Crippen LogP contribution in [0.15, 0.2) is 200 Å². The van der Waals surface area contributed by atoms with Gasteiger partial charge in [0, 0.05) is 38.4 Å². The normalized spacial score (nSPS) is 11.6. The smallest absolute Gasteiger partial charge is 0.161 e. The Bertz CT molecular complexity index is 3190. The number of hydrogen-bond acceptors (Lipinski definition) is 3. The first-order valence-corrected chi connectivity index (χ1v) is 19.0. The van der Waals surface area contributed by atoms with Gasteiger partial charge < -0.3 is 0 Å². The molecule has 56 heavy (non-hydrogen) atoms. The summed E-state index contributed by atoms with van der Waals surface area (Å²) in [5.41, 5.74) is 10.3. The third-order valence-corrected chi connectivity index (χ3v) is 11.1. The van der Waals surface area contributed by atoms with Crippen LogP contribution in [0.4, 0.5) is 0 Å². The molecule has 0 fully saturated rings. The Kier molecular flexibility index (Phi) is 7.49. The average molecular weight is 712 g/mol. The third kappa shape index (κ3) is 5.40. The molecule has 0 spiro atoms. The molecule has 0 atom stereocenters. The van der Waals surface area contributed by atoms with Crippen LogP contribution in [-0.2, 0) is 0 Å². The average Bonchev–Trinajstić information content (AvgIpc) is 3.28. The monoisotopic (exact) mass is 711 g/mol. The van der Waals surface area contributed by atoms with Crippen LogP contribution in [0.5, 0.6) is 0 Å². The molecule has 0 aliphatic rings. The van der Waals surface area contributed by atoms with Crippen molar-refractivity contribution in [1.29, 1.82) is 0 Å². The molecule has 0 aliphatic heterocycles. The van der Waals surface area contributed by atoms with Crippen LogP contribution in [-0.4, -0.2) is 15.0 Å². The lowest BCUT2D eigenvalue weighted by Crippen LogP contribution is -1.97. The van der Waals surface area contributed by atoms with Gasteiger partial charge in [-0.2, -0.15) is 0 Å². The van der Waals surface area contributed by atoms with E-state index in [0.29, 0.717) is 5.82 Å². The molecule has 0 unspecified atom stereocenters. The minimum Gasteiger partial charge on any atom is -0.247 e. The number of fused-ring (bicyclic) bond motifs is 7. The molecule has 3 heteroatoms. The summed E-state index contributed by atoms with van der Waals surface area (Å²) in [4.78, 5) is 15.7. The van der Waals surface area contributed by atoms with Gasteiger partial charge in [0.1, 0.15) is 0 Å². The molecule has 11 aromatic rings. The molecule has 0 saturated heterocycles. The summed E-state index contributed by atoms with van der Waals surface area (Å²) in [6, 6.07) is 70.9. The van der Waals surface area contributed by atoms with Gasteiger partial charge in [0.15, 0.2) is 5.82 Å². The molecule has 0 amide bonds. The minimum atomic E-state index is 0.710. The van der Waals surface area contributed by atoms with E-state index in [1.165, 1.54) is 32.3 Å². The molecule has 2 heterocycles. The molecule has 2 aromatic heterocycles. The SMILES string of the molecule is c1cc(-c2ccc(-c3cc(-c4cccc5ccccc45)nc(-c4cccc5ccccc45)n3)cc2)cc(-c2nc3ccccc3c3c2ccc2ccccc23)c1. The summed E-state index contributed by atoms with van der Waals surface area (Å²) in [5, 5.41) is 10.7. The molecule has 0 N–H and O–H groups in total. The maximum Gasteiger partial charge on any atom is 0.161 e. The van der Waals surface area contributed by atoms with Crippen LogP contribution in [0.25, 0.3) is 110 Å². The molecule has 9 aromatic carbocycles. The number of aromatic nitrogens is 3. The van der Waals surface area contributed by atoms with Gasteiger partial charge in [-0.15, -0.1) is 0 Å². The van der Waals surface area contributed by atoms with Gasteiger partial charge in [-0.05, 0) is 61.6 Å². The van der Waals surface area contributed by atoms with Gasteiger partial charge in [-0.25, -0.2) is 15.0 Å². The predicted octanol–water partition coefficient (Wildman–Crippen LogP) is 14.0. The van der Waals surface area contributed by atoms with Crippen molar-refractivity contribution in [2.75, 3.05) is 0 Å². The Morgan fingerprint density at radius 2 is 0.839 bits per heavy atom. The zero-order valence-electron chi connectivity index (χ0n) is 30.4. The fourth-order valence-corrected chi connectivity index (χ4v) is 8.34. The van der Waals surface area contributed by atoms with Crippen LogP contribution in [0.2, 0.25) is 0 Å². The van der Waals surface area contributed by atoms with Crippen molar-refractivity contribution in [1.82, 2.24) is 15.0 Å². The lowest BCUT2D eigenvalue weighted by molar-refractivity contribution is 1.19. The van der Waals surface area contributed by atoms with Crippen molar-refractivity contribution in [2.45, 2.75) is 0 Å². The highest BCUT2D eigenvalue weighted by molar-refractivity contribution is 6.22. The Morgan fingerprint density at radius 1 is 0.286 bits per heavy atom. The lowest BCUT2D eigenvalue weighted by atomic mass is 9.94. The van der Waals surface area contributed by atoms with E-state index in [1.807, 2.05) is 0 Å². The maximum atomic E-state index is 5.26. The van der Waals surface area contributed by atoms with Crippen LogP contribution in [0, 0.1) is 0 Å². The van der Waals surface area contributed by atoms with E-state index >= 15 is 0 Å². The second-order valence-electron chi connectivity index (χ2n) is 14.4. The number of pyridine rings is 1. The van der Waals surface area contributed by atoms with Crippen molar-refractivity contribution in [2.24, 2.45) is 0 Å². The van der Waals surface area contributed by atoms with Crippen LogP contribution in [0.3, 0.4) is 0 Å².